The fraction of sp³-hybridized carbons (Fsp3) is 0.385. The van der Waals surface area contributed by atoms with Gasteiger partial charge in [0, 0.05) is 17.1 Å². The molecule has 1 rings (SSSR count). The summed E-state index contributed by atoms with van der Waals surface area (Å²) in [6.45, 7) is 2.32. The van der Waals surface area contributed by atoms with Gasteiger partial charge in [0.15, 0.2) is 5.84 Å². The molecule has 0 spiro atoms. The third kappa shape index (κ3) is 4.38. The SMILES string of the molecule is CCCN(CC(N)=NO)C(=O)Cc1c(F)cccc1Cl. The van der Waals surface area contributed by atoms with Gasteiger partial charge >= 0.3 is 0 Å². The van der Waals surface area contributed by atoms with Crippen LogP contribution in [0.25, 0.3) is 0 Å². The first-order valence-corrected chi connectivity index (χ1v) is 6.54. The Hall–Kier alpha value is -1.82. The lowest BCUT2D eigenvalue weighted by molar-refractivity contribution is -0.129. The normalized spacial score (nSPS) is 11.4. The minimum atomic E-state index is -0.522. The minimum Gasteiger partial charge on any atom is -0.409 e. The summed E-state index contributed by atoms with van der Waals surface area (Å²) in [5.74, 6) is -0.928. The van der Waals surface area contributed by atoms with Crippen LogP contribution < -0.4 is 5.73 Å². The molecule has 0 unspecified atom stereocenters. The summed E-state index contributed by atoms with van der Waals surface area (Å²) >= 11 is 5.89. The number of hydrogen-bond donors (Lipinski definition) is 2. The second-order valence-corrected chi connectivity index (χ2v) is 4.69. The summed E-state index contributed by atoms with van der Waals surface area (Å²) < 4.78 is 13.6. The molecule has 0 saturated carbocycles. The molecule has 3 N–H and O–H groups in total. The van der Waals surface area contributed by atoms with Crippen LogP contribution >= 0.6 is 11.6 Å². The van der Waals surface area contributed by atoms with E-state index >= 15 is 0 Å². The van der Waals surface area contributed by atoms with E-state index in [1.165, 1.54) is 23.1 Å². The van der Waals surface area contributed by atoms with E-state index in [-0.39, 0.29) is 35.3 Å². The van der Waals surface area contributed by atoms with E-state index in [1.807, 2.05) is 6.92 Å². The fourth-order valence-corrected chi connectivity index (χ4v) is 1.98. The van der Waals surface area contributed by atoms with Crippen LogP contribution in [0.3, 0.4) is 0 Å². The first-order chi connectivity index (χ1) is 9.49. The van der Waals surface area contributed by atoms with Gasteiger partial charge in [-0.1, -0.05) is 29.7 Å². The monoisotopic (exact) mass is 301 g/mol. The van der Waals surface area contributed by atoms with Gasteiger partial charge < -0.3 is 15.8 Å². The number of nitrogens with two attached hydrogens (primary N) is 1. The van der Waals surface area contributed by atoms with Crippen molar-refractivity contribution in [2.75, 3.05) is 13.1 Å². The summed E-state index contributed by atoms with van der Waals surface area (Å²) in [5, 5.41) is 11.6. The molecule has 0 aliphatic rings. The number of nitrogens with zero attached hydrogens (tertiary/aromatic N) is 2. The number of amides is 1. The van der Waals surface area contributed by atoms with Crippen molar-refractivity contribution in [2.45, 2.75) is 19.8 Å². The lowest BCUT2D eigenvalue weighted by atomic mass is 10.1. The highest BCUT2D eigenvalue weighted by Crippen LogP contribution is 2.20. The number of rotatable bonds is 6. The standard InChI is InChI=1S/C13H17ClFN3O2/c1-2-6-18(8-12(16)17-20)13(19)7-9-10(14)4-3-5-11(9)15/h3-5,20H,2,6-8H2,1H3,(H2,16,17). The summed E-state index contributed by atoms with van der Waals surface area (Å²) in [7, 11) is 0. The second kappa shape index (κ2) is 7.69. The van der Waals surface area contributed by atoms with Crippen molar-refractivity contribution < 1.29 is 14.4 Å². The largest absolute Gasteiger partial charge is 0.409 e. The summed E-state index contributed by atoms with van der Waals surface area (Å²) in [6, 6.07) is 4.26. The molecule has 110 valence electrons. The third-order valence-corrected chi connectivity index (χ3v) is 3.07. The van der Waals surface area contributed by atoms with Crippen LogP contribution in [0.1, 0.15) is 18.9 Å². The predicted molar refractivity (Wildman–Crippen MR) is 75.4 cm³/mol. The Morgan fingerprint density at radius 1 is 1.55 bits per heavy atom. The molecule has 0 atom stereocenters. The molecule has 20 heavy (non-hydrogen) atoms. The van der Waals surface area contributed by atoms with E-state index in [2.05, 4.69) is 5.16 Å². The van der Waals surface area contributed by atoms with Gasteiger partial charge in [0.2, 0.25) is 5.91 Å². The second-order valence-electron chi connectivity index (χ2n) is 4.28. The van der Waals surface area contributed by atoms with Crippen LogP contribution in [0, 0.1) is 5.82 Å². The maximum Gasteiger partial charge on any atom is 0.227 e. The molecule has 0 aromatic heterocycles. The van der Waals surface area contributed by atoms with E-state index in [4.69, 9.17) is 22.5 Å². The summed E-state index contributed by atoms with van der Waals surface area (Å²) in [5.41, 5.74) is 5.55. The molecule has 0 aliphatic carbocycles. The van der Waals surface area contributed by atoms with E-state index < -0.39 is 5.82 Å². The molecule has 1 aromatic carbocycles. The molecule has 0 heterocycles. The Balaban J connectivity index is 2.85. The molecular weight excluding hydrogens is 285 g/mol. The number of halogens is 2. The van der Waals surface area contributed by atoms with E-state index in [9.17, 15) is 9.18 Å². The topological polar surface area (TPSA) is 78.9 Å². The zero-order chi connectivity index (χ0) is 15.1. The molecule has 1 amide bonds. The van der Waals surface area contributed by atoms with Gasteiger partial charge in [-0.15, -0.1) is 0 Å². The zero-order valence-electron chi connectivity index (χ0n) is 11.1. The highest BCUT2D eigenvalue weighted by atomic mass is 35.5. The smallest absolute Gasteiger partial charge is 0.227 e. The molecule has 7 heteroatoms. The minimum absolute atomic E-state index is 0.00472. The quantitative estimate of drug-likeness (QED) is 0.365. The number of carbonyl (C=O) groups is 1. The van der Waals surface area contributed by atoms with Crippen molar-refractivity contribution in [3.05, 3.63) is 34.6 Å². The van der Waals surface area contributed by atoms with Crippen molar-refractivity contribution in [2.24, 2.45) is 10.9 Å². The maximum atomic E-state index is 13.6. The first-order valence-electron chi connectivity index (χ1n) is 6.16. The lowest BCUT2D eigenvalue weighted by Crippen LogP contribution is -2.40. The number of hydrogen-bond acceptors (Lipinski definition) is 3. The van der Waals surface area contributed by atoms with Crippen molar-refractivity contribution in [1.29, 1.82) is 0 Å². The fourth-order valence-electron chi connectivity index (χ4n) is 1.75. The number of benzene rings is 1. The van der Waals surface area contributed by atoms with Crippen LogP contribution in [0.4, 0.5) is 4.39 Å². The number of carbonyl (C=O) groups excluding carboxylic acids is 1. The molecular formula is C13H17ClFN3O2. The van der Waals surface area contributed by atoms with Gasteiger partial charge in [0.25, 0.3) is 0 Å². The van der Waals surface area contributed by atoms with Gasteiger partial charge in [-0.25, -0.2) is 4.39 Å². The Morgan fingerprint density at radius 3 is 2.80 bits per heavy atom. The highest BCUT2D eigenvalue weighted by Gasteiger charge is 2.18. The Bertz CT molecular complexity index is 488. The zero-order valence-corrected chi connectivity index (χ0v) is 11.9. The van der Waals surface area contributed by atoms with Crippen LogP contribution in [-0.2, 0) is 11.2 Å². The van der Waals surface area contributed by atoms with Gasteiger partial charge in [-0.05, 0) is 18.6 Å². The number of amidine groups is 1. The van der Waals surface area contributed by atoms with Gasteiger partial charge in [0.1, 0.15) is 5.82 Å². The average Bonchev–Trinajstić information content (AvgIpc) is 2.42. The van der Waals surface area contributed by atoms with Crippen LogP contribution in [0.5, 0.6) is 0 Å². The van der Waals surface area contributed by atoms with Crippen molar-refractivity contribution in [1.82, 2.24) is 4.90 Å². The molecule has 0 bridgehead atoms. The van der Waals surface area contributed by atoms with E-state index in [1.54, 1.807) is 0 Å². The van der Waals surface area contributed by atoms with Gasteiger partial charge in [-0.2, -0.15) is 0 Å². The van der Waals surface area contributed by atoms with Crippen molar-refractivity contribution in [3.63, 3.8) is 0 Å². The maximum absolute atomic E-state index is 13.6. The van der Waals surface area contributed by atoms with E-state index in [0.29, 0.717) is 13.0 Å². The van der Waals surface area contributed by atoms with Crippen molar-refractivity contribution in [3.8, 4) is 0 Å². The van der Waals surface area contributed by atoms with Gasteiger partial charge in [0.05, 0.1) is 13.0 Å². The molecule has 0 saturated heterocycles. The first kappa shape index (κ1) is 16.2. The van der Waals surface area contributed by atoms with Crippen LogP contribution in [0.15, 0.2) is 23.4 Å². The highest BCUT2D eigenvalue weighted by molar-refractivity contribution is 6.31. The van der Waals surface area contributed by atoms with Crippen molar-refractivity contribution >= 4 is 23.3 Å². The molecule has 0 fully saturated rings. The molecule has 0 aliphatic heterocycles. The Labute approximate surface area is 121 Å². The van der Waals surface area contributed by atoms with Gasteiger partial charge in [-0.3, -0.25) is 4.79 Å². The van der Waals surface area contributed by atoms with E-state index in [0.717, 1.165) is 0 Å². The van der Waals surface area contributed by atoms with Crippen LogP contribution in [0.2, 0.25) is 5.02 Å². The third-order valence-electron chi connectivity index (χ3n) is 2.72. The number of oxime groups is 1. The molecule has 5 nitrogen and oxygen atoms in total. The predicted octanol–water partition coefficient (Wildman–Crippen LogP) is 2.01. The summed E-state index contributed by atoms with van der Waals surface area (Å²) in [4.78, 5) is 13.6. The Kier molecular flexibility index (Phi) is 6.24. The lowest BCUT2D eigenvalue weighted by Gasteiger charge is -2.21. The summed E-state index contributed by atoms with van der Waals surface area (Å²) in [6.07, 6.45) is 0.541. The molecule has 0 radical (unpaired) electrons. The van der Waals surface area contributed by atoms with Crippen LogP contribution in [-0.4, -0.2) is 34.9 Å². The molecule has 1 aromatic rings. The Morgan fingerprint density at radius 2 is 2.25 bits per heavy atom. The average molecular weight is 302 g/mol.